The SMILES string of the molecule is CCc1c(SC)c2ccccc2n1CC#N. The van der Waals surface area contributed by atoms with E-state index in [4.69, 9.17) is 5.26 Å². The molecule has 16 heavy (non-hydrogen) atoms. The Bertz CT molecular complexity index is 549. The number of nitriles is 1. The van der Waals surface area contributed by atoms with Gasteiger partial charge in [0.05, 0.1) is 11.6 Å². The van der Waals surface area contributed by atoms with E-state index in [0.717, 1.165) is 6.42 Å². The molecular formula is C13H14N2S. The number of para-hydroxylation sites is 1. The molecule has 1 aromatic carbocycles. The van der Waals surface area contributed by atoms with E-state index in [1.54, 1.807) is 11.8 Å². The van der Waals surface area contributed by atoms with Crippen LogP contribution in [0.2, 0.25) is 0 Å². The van der Waals surface area contributed by atoms with Gasteiger partial charge in [-0.2, -0.15) is 5.26 Å². The third kappa shape index (κ3) is 1.60. The maximum atomic E-state index is 8.90. The number of hydrogen-bond acceptors (Lipinski definition) is 2. The Kier molecular flexibility index (Phi) is 3.21. The smallest absolute Gasteiger partial charge is 0.110 e. The first-order valence-corrected chi connectivity index (χ1v) is 6.57. The van der Waals surface area contributed by atoms with Crippen molar-refractivity contribution in [2.45, 2.75) is 24.8 Å². The molecule has 0 unspecified atom stereocenters. The summed E-state index contributed by atoms with van der Waals surface area (Å²) in [6.45, 7) is 2.58. The van der Waals surface area contributed by atoms with Crippen LogP contribution in [0.25, 0.3) is 10.9 Å². The predicted octanol–water partition coefficient (Wildman–Crippen LogP) is 3.45. The van der Waals surface area contributed by atoms with Gasteiger partial charge in [0.25, 0.3) is 0 Å². The van der Waals surface area contributed by atoms with Gasteiger partial charge < -0.3 is 4.57 Å². The van der Waals surface area contributed by atoms with Crippen molar-refractivity contribution in [2.75, 3.05) is 6.26 Å². The van der Waals surface area contributed by atoms with E-state index in [-0.39, 0.29) is 0 Å². The zero-order valence-corrected chi connectivity index (χ0v) is 10.3. The molecule has 0 radical (unpaired) electrons. The second-order valence-corrected chi connectivity index (χ2v) is 4.41. The molecular weight excluding hydrogens is 216 g/mol. The average molecular weight is 230 g/mol. The maximum Gasteiger partial charge on any atom is 0.110 e. The number of benzene rings is 1. The standard InChI is InChI=1S/C13H14N2S/c1-3-11-13(16-2)10-6-4-5-7-12(10)15(11)9-8-14/h4-7H,3,9H2,1-2H3. The number of thioether (sulfide) groups is 1. The second kappa shape index (κ2) is 4.63. The van der Waals surface area contributed by atoms with E-state index >= 15 is 0 Å². The Balaban J connectivity index is 2.80. The summed E-state index contributed by atoms with van der Waals surface area (Å²) in [5, 5.41) is 10.2. The highest BCUT2D eigenvalue weighted by Gasteiger charge is 2.13. The van der Waals surface area contributed by atoms with Crippen LogP contribution in [0.15, 0.2) is 29.2 Å². The molecule has 0 saturated heterocycles. The van der Waals surface area contributed by atoms with Crippen LogP contribution in [0.1, 0.15) is 12.6 Å². The van der Waals surface area contributed by atoms with Crippen LogP contribution < -0.4 is 0 Å². The van der Waals surface area contributed by atoms with Crippen molar-refractivity contribution in [2.24, 2.45) is 0 Å². The van der Waals surface area contributed by atoms with Crippen molar-refractivity contribution < 1.29 is 0 Å². The van der Waals surface area contributed by atoms with E-state index < -0.39 is 0 Å². The van der Waals surface area contributed by atoms with Gasteiger partial charge in [0.1, 0.15) is 6.54 Å². The van der Waals surface area contributed by atoms with E-state index in [1.807, 2.05) is 6.07 Å². The summed E-state index contributed by atoms with van der Waals surface area (Å²) >= 11 is 1.77. The molecule has 0 bridgehead atoms. The molecule has 0 saturated carbocycles. The molecule has 0 N–H and O–H groups in total. The number of fused-ring (bicyclic) bond motifs is 1. The van der Waals surface area contributed by atoms with Gasteiger partial charge in [-0.25, -0.2) is 0 Å². The highest BCUT2D eigenvalue weighted by molar-refractivity contribution is 7.98. The molecule has 1 heterocycles. The molecule has 2 nitrogen and oxygen atoms in total. The minimum absolute atomic E-state index is 0.435. The van der Waals surface area contributed by atoms with Crippen molar-refractivity contribution in [3.05, 3.63) is 30.0 Å². The quantitative estimate of drug-likeness (QED) is 0.756. The lowest BCUT2D eigenvalue weighted by molar-refractivity contribution is 0.788. The Hall–Kier alpha value is -1.40. The van der Waals surface area contributed by atoms with Crippen molar-refractivity contribution in [3.63, 3.8) is 0 Å². The first kappa shape index (κ1) is 11.1. The molecule has 0 atom stereocenters. The third-order valence-corrected chi connectivity index (χ3v) is 3.66. The summed E-state index contributed by atoms with van der Waals surface area (Å²) in [7, 11) is 0. The number of rotatable bonds is 3. The molecule has 2 rings (SSSR count). The predicted molar refractivity (Wildman–Crippen MR) is 68.7 cm³/mol. The van der Waals surface area contributed by atoms with Crippen molar-refractivity contribution >= 4 is 22.7 Å². The van der Waals surface area contributed by atoms with E-state index in [2.05, 4.69) is 42.0 Å². The van der Waals surface area contributed by atoms with Gasteiger partial charge >= 0.3 is 0 Å². The fraction of sp³-hybridized carbons (Fsp3) is 0.308. The Morgan fingerprint density at radius 1 is 1.38 bits per heavy atom. The monoisotopic (exact) mass is 230 g/mol. The highest BCUT2D eigenvalue weighted by Crippen LogP contribution is 2.33. The maximum absolute atomic E-state index is 8.90. The van der Waals surface area contributed by atoms with Crippen LogP contribution in [0.4, 0.5) is 0 Å². The summed E-state index contributed by atoms with van der Waals surface area (Å²) in [5.74, 6) is 0. The van der Waals surface area contributed by atoms with Gasteiger partial charge in [-0.1, -0.05) is 25.1 Å². The number of nitrogens with zero attached hydrogens (tertiary/aromatic N) is 2. The lowest BCUT2D eigenvalue weighted by Crippen LogP contribution is -2.00. The summed E-state index contributed by atoms with van der Waals surface area (Å²) in [4.78, 5) is 1.31. The Morgan fingerprint density at radius 3 is 2.75 bits per heavy atom. The normalized spacial score (nSPS) is 10.6. The largest absolute Gasteiger partial charge is 0.330 e. The molecule has 3 heteroatoms. The van der Waals surface area contributed by atoms with Crippen LogP contribution in [0.5, 0.6) is 0 Å². The molecule has 1 aromatic heterocycles. The third-order valence-electron chi connectivity index (χ3n) is 2.80. The molecule has 0 spiro atoms. The van der Waals surface area contributed by atoms with Gasteiger partial charge in [-0.3, -0.25) is 0 Å². The fourth-order valence-corrected chi connectivity index (χ4v) is 3.04. The Labute approximate surface area is 99.9 Å². The van der Waals surface area contributed by atoms with Crippen LogP contribution >= 0.6 is 11.8 Å². The summed E-state index contributed by atoms with van der Waals surface area (Å²) < 4.78 is 2.13. The van der Waals surface area contributed by atoms with Crippen molar-refractivity contribution in [1.29, 1.82) is 5.26 Å². The van der Waals surface area contributed by atoms with Crippen LogP contribution in [-0.4, -0.2) is 10.8 Å². The lowest BCUT2D eigenvalue weighted by Gasteiger charge is -2.04. The van der Waals surface area contributed by atoms with Crippen molar-refractivity contribution in [1.82, 2.24) is 4.57 Å². The Morgan fingerprint density at radius 2 is 2.12 bits per heavy atom. The van der Waals surface area contributed by atoms with Gasteiger partial charge in [-0.05, 0) is 18.7 Å². The molecule has 0 amide bonds. The van der Waals surface area contributed by atoms with Gasteiger partial charge in [-0.15, -0.1) is 11.8 Å². The van der Waals surface area contributed by atoms with Gasteiger partial charge in [0.15, 0.2) is 0 Å². The first-order chi connectivity index (χ1) is 7.83. The van der Waals surface area contributed by atoms with Gasteiger partial charge in [0, 0.05) is 16.0 Å². The van der Waals surface area contributed by atoms with E-state index in [0.29, 0.717) is 6.54 Å². The minimum atomic E-state index is 0.435. The molecule has 0 aliphatic carbocycles. The molecule has 2 aromatic rings. The zero-order chi connectivity index (χ0) is 11.5. The summed E-state index contributed by atoms with van der Waals surface area (Å²) in [6.07, 6.45) is 3.06. The van der Waals surface area contributed by atoms with Crippen LogP contribution in [0.3, 0.4) is 0 Å². The van der Waals surface area contributed by atoms with Crippen LogP contribution in [0, 0.1) is 11.3 Å². The summed E-state index contributed by atoms with van der Waals surface area (Å²) in [5.41, 5.74) is 2.44. The van der Waals surface area contributed by atoms with E-state index in [1.165, 1.54) is 21.5 Å². The number of aromatic nitrogens is 1. The molecule has 0 aliphatic heterocycles. The molecule has 0 fully saturated rings. The fourth-order valence-electron chi connectivity index (χ4n) is 2.15. The lowest BCUT2D eigenvalue weighted by atomic mass is 10.2. The van der Waals surface area contributed by atoms with Crippen molar-refractivity contribution in [3.8, 4) is 6.07 Å². The average Bonchev–Trinajstić information content (AvgIpc) is 2.63. The highest BCUT2D eigenvalue weighted by atomic mass is 32.2. The van der Waals surface area contributed by atoms with Crippen LogP contribution in [-0.2, 0) is 13.0 Å². The van der Waals surface area contributed by atoms with Gasteiger partial charge in [0.2, 0.25) is 0 Å². The molecule has 0 aliphatic rings. The van der Waals surface area contributed by atoms with E-state index in [9.17, 15) is 0 Å². The summed E-state index contributed by atoms with van der Waals surface area (Å²) in [6, 6.07) is 10.5. The topological polar surface area (TPSA) is 28.7 Å². The second-order valence-electron chi connectivity index (χ2n) is 3.59. The molecule has 82 valence electrons. The zero-order valence-electron chi connectivity index (χ0n) is 9.53. The minimum Gasteiger partial charge on any atom is -0.330 e. The first-order valence-electron chi connectivity index (χ1n) is 5.34. The number of hydrogen-bond donors (Lipinski definition) is 0.